The average molecular weight is 368 g/mol. The number of halogens is 1. The molecule has 0 fully saturated rings. The van der Waals surface area contributed by atoms with Crippen molar-refractivity contribution in [3.05, 3.63) is 78.6 Å². The van der Waals surface area contributed by atoms with Crippen molar-refractivity contribution >= 4 is 20.8 Å². The van der Waals surface area contributed by atoms with Crippen LogP contribution >= 0.6 is 0 Å². The van der Waals surface area contributed by atoms with Crippen molar-refractivity contribution in [2.45, 2.75) is 9.79 Å². The Kier molecular flexibility index (Phi) is 3.77. The molecule has 1 aromatic heterocycles. The lowest BCUT2D eigenvalue weighted by Gasteiger charge is -2.06. The molecule has 0 atom stereocenters. The summed E-state index contributed by atoms with van der Waals surface area (Å²) in [5, 5.41) is 9.88. The van der Waals surface area contributed by atoms with Gasteiger partial charge in [-0.2, -0.15) is 0 Å². The highest BCUT2D eigenvalue weighted by atomic mass is 32.2. The first-order valence-electron chi connectivity index (χ1n) is 7.78. The van der Waals surface area contributed by atoms with Gasteiger partial charge < -0.3 is 9.52 Å². The summed E-state index contributed by atoms with van der Waals surface area (Å²) < 4.78 is 45.6. The Bertz CT molecular complexity index is 1190. The predicted molar refractivity (Wildman–Crippen MR) is 95.2 cm³/mol. The molecule has 3 aromatic carbocycles. The smallest absolute Gasteiger partial charge is 0.211 e. The van der Waals surface area contributed by atoms with Gasteiger partial charge in [0, 0.05) is 10.9 Å². The minimum atomic E-state index is -3.93. The molecule has 0 saturated heterocycles. The Labute approximate surface area is 149 Å². The van der Waals surface area contributed by atoms with Crippen molar-refractivity contribution in [2.24, 2.45) is 0 Å². The summed E-state index contributed by atoms with van der Waals surface area (Å²) in [4.78, 5) is 0.0515. The monoisotopic (exact) mass is 368 g/mol. The quantitative estimate of drug-likeness (QED) is 0.565. The maximum absolute atomic E-state index is 13.3. The van der Waals surface area contributed by atoms with Gasteiger partial charge in [-0.15, -0.1) is 0 Å². The van der Waals surface area contributed by atoms with E-state index in [1.165, 1.54) is 48.5 Å². The minimum Gasteiger partial charge on any atom is -0.508 e. The van der Waals surface area contributed by atoms with E-state index in [-0.39, 0.29) is 21.3 Å². The highest BCUT2D eigenvalue weighted by molar-refractivity contribution is 7.91. The normalized spacial score (nSPS) is 11.7. The van der Waals surface area contributed by atoms with Gasteiger partial charge in [-0.3, -0.25) is 0 Å². The van der Waals surface area contributed by atoms with E-state index in [0.717, 1.165) is 0 Å². The van der Waals surface area contributed by atoms with Gasteiger partial charge in [0.05, 0.1) is 4.90 Å². The zero-order valence-corrected chi connectivity index (χ0v) is 14.2. The number of phenolic OH excluding ortho intramolecular Hbond substituents is 1. The lowest BCUT2D eigenvalue weighted by atomic mass is 10.1. The molecular weight excluding hydrogens is 355 g/mol. The maximum Gasteiger partial charge on any atom is 0.211 e. The molecule has 0 amide bonds. The number of para-hydroxylation sites is 1. The number of fused-ring (bicyclic) bond motifs is 1. The second-order valence-corrected chi connectivity index (χ2v) is 7.65. The zero-order valence-electron chi connectivity index (χ0n) is 13.4. The molecule has 1 heterocycles. The van der Waals surface area contributed by atoms with Crippen LogP contribution in [0.2, 0.25) is 0 Å². The summed E-state index contributed by atoms with van der Waals surface area (Å²) in [5.74, 6) is -0.299. The van der Waals surface area contributed by atoms with E-state index >= 15 is 0 Å². The predicted octanol–water partition coefficient (Wildman–Crippen LogP) is 4.78. The van der Waals surface area contributed by atoms with Crippen LogP contribution in [-0.4, -0.2) is 13.5 Å². The van der Waals surface area contributed by atoms with Gasteiger partial charge in [-0.25, -0.2) is 12.8 Å². The topological polar surface area (TPSA) is 67.5 Å². The summed E-state index contributed by atoms with van der Waals surface area (Å²) >= 11 is 0. The molecule has 0 unspecified atom stereocenters. The van der Waals surface area contributed by atoms with E-state index in [1.54, 1.807) is 24.3 Å². The van der Waals surface area contributed by atoms with Crippen molar-refractivity contribution in [3.8, 4) is 17.1 Å². The van der Waals surface area contributed by atoms with Crippen LogP contribution in [0.15, 0.2) is 87.0 Å². The number of furan rings is 1. The van der Waals surface area contributed by atoms with Crippen LogP contribution in [-0.2, 0) is 9.84 Å². The summed E-state index contributed by atoms with van der Waals surface area (Å²) in [6.45, 7) is 0. The molecule has 26 heavy (non-hydrogen) atoms. The van der Waals surface area contributed by atoms with Crippen molar-refractivity contribution in [1.82, 2.24) is 0 Å². The fraction of sp³-hybridized carbons (Fsp3) is 0. The van der Waals surface area contributed by atoms with Crippen LogP contribution < -0.4 is 0 Å². The Morgan fingerprint density at radius 3 is 2.19 bits per heavy atom. The number of phenols is 1. The first-order chi connectivity index (χ1) is 12.5. The Balaban J connectivity index is 2.03. The first kappa shape index (κ1) is 16.4. The number of benzene rings is 3. The number of sulfone groups is 1. The molecule has 0 radical (unpaired) electrons. The number of hydrogen-bond donors (Lipinski definition) is 1. The largest absolute Gasteiger partial charge is 0.508 e. The van der Waals surface area contributed by atoms with Gasteiger partial charge in [-0.1, -0.05) is 12.1 Å². The van der Waals surface area contributed by atoms with E-state index < -0.39 is 15.7 Å². The molecule has 6 heteroatoms. The van der Waals surface area contributed by atoms with Crippen LogP contribution in [0.5, 0.6) is 5.75 Å². The van der Waals surface area contributed by atoms with Crippen LogP contribution in [0.4, 0.5) is 4.39 Å². The average Bonchev–Trinajstić information content (AvgIpc) is 3.03. The Morgan fingerprint density at radius 2 is 1.50 bits per heavy atom. The molecule has 1 N–H and O–H groups in total. The van der Waals surface area contributed by atoms with E-state index in [0.29, 0.717) is 16.5 Å². The van der Waals surface area contributed by atoms with Gasteiger partial charge in [0.1, 0.15) is 22.0 Å². The van der Waals surface area contributed by atoms with Crippen LogP contribution in [0.1, 0.15) is 0 Å². The summed E-state index contributed by atoms with van der Waals surface area (Å²) in [6.07, 6.45) is 0. The Morgan fingerprint density at radius 1 is 0.846 bits per heavy atom. The lowest BCUT2D eigenvalue weighted by Crippen LogP contribution is -2.02. The van der Waals surface area contributed by atoms with Crippen LogP contribution in [0, 0.1) is 5.82 Å². The lowest BCUT2D eigenvalue weighted by molar-refractivity contribution is 0.475. The summed E-state index contributed by atoms with van der Waals surface area (Å²) in [7, 11) is -3.93. The minimum absolute atomic E-state index is 0.0189. The van der Waals surface area contributed by atoms with E-state index in [4.69, 9.17) is 4.42 Å². The number of hydrogen-bond acceptors (Lipinski definition) is 4. The molecule has 0 spiro atoms. The van der Waals surface area contributed by atoms with E-state index in [2.05, 4.69) is 0 Å². The van der Waals surface area contributed by atoms with E-state index in [1.807, 2.05) is 0 Å². The maximum atomic E-state index is 13.3. The fourth-order valence-electron chi connectivity index (χ4n) is 2.82. The van der Waals surface area contributed by atoms with Gasteiger partial charge in [0.25, 0.3) is 0 Å². The molecule has 0 aliphatic rings. The van der Waals surface area contributed by atoms with Crippen molar-refractivity contribution in [2.75, 3.05) is 0 Å². The third-order valence-electron chi connectivity index (χ3n) is 4.07. The number of rotatable bonds is 3. The molecule has 0 aliphatic heterocycles. The fourth-order valence-corrected chi connectivity index (χ4v) is 4.41. The van der Waals surface area contributed by atoms with Crippen molar-refractivity contribution in [1.29, 1.82) is 0 Å². The van der Waals surface area contributed by atoms with E-state index in [9.17, 15) is 17.9 Å². The molecule has 0 aliphatic carbocycles. The number of aromatic hydroxyl groups is 1. The van der Waals surface area contributed by atoms with Gasteiger partial charge in [-0.05, 0) is 60.7 Å². The standard InChI is InChI=1S/C20H13FO4S/c21-14-7-5-13(6-8-14)19-20(17-3-1-2-4-18(17)25-19)26(23,24)16-11-9-15(22)10-12-16/h1-12,22H. The Hall–Kier alpha value is -3.12. The molecular formula is C20H13FO4S. The zero-order chi connectivity index (χ0) is 18.3. The van der Waals surface area contributed by atoms with Gasteiger partial charge >= 0.3 is 0 Å². The molecule has 4 rings (SSSR count). The summed E-state index contributed by atoms with van der Waals surface area (Å²) in [6, 6.07) is 17.6. The highest BCUT2D eigenvalue weighted by Crippen LogP contribution is 2.39. The highest BCUT2D eigenvalue weighted by Gasteiger charge is 2.28. The third-order valence-corrected chi connectivity index (χ3v) is 5.91. The molecule has 4 aromatic rings. The van der Waals surface area contributed by atoms with Crippen molar-refractivity contribution < 1.29 is 22.3 Å². The van der Waals surface area contributed by atoms with Crippen LogP contribution in [0.3, 0.4) is 0 Å². The first-order valence-corrected chi connectivity index (χ1v) is 9.27. The molecule has 4 nitrogen and oxygen atoms in total. The van der Waals surface area contributed by atoms with Crippen molar-refractivity contribution in [3.63, 3.8) is 0 Å². The van der Waals surface area contributed by atoms with Gasteiger partial charge in [0.15, 0.2) is 5.76 Å². The van der Waals surface area contributed by atoms with Gasteiger partial charge in [0.2, 0.25) is 9.84 Å². The summed E-state index contributed by atoms with van der Waals surface area (Å²) in [5.41, 5.74) is 0.879. The molecule has 130 valence electrons. The second kappa shape index (κ2) is 6.00. The third kappa shape index (κ3) is 2.64. The SMILES string of the molecule is O=S(=O)(c1ccc(O)cc1)c1c(-c2ccc(F)cc2)oc2ccccc12. The second-order valence-electron chi connectivity index (χ2n) is 5.76. The van der Waals surface area contributed by atoms with Crippen LogP contribution in [0.25, 0.3) is 22.3 Å². The molecule has 0 saturated carbocycles. The molecule has 0 bridgehead atoms.